The van der Waals surface area contributed by atoms with E-state index in [0.29, 0.717) is 0 Å². The molecule has 0 bridgehead atoms. The largest absolute Gasteiger partial charge is 0.352 e. The number of anilines is 1. The minimum atomic E-state index is 0.750. The molecule has 1 aliphatic rings. The molecule has 1 aliphatic heterocycles. The van der Waals surface area contributed by atoms with Crippen molar-refractivity contribution in [3.63, 3.8) is 0 Å². The summed E-state index contributed by atoms with van der Waals surface area (Å²) < 4.78 is 6.06. The molecule has 0 spiro atoms. The van der Waals surface area contributed by atoms with Crippen LogP contribution in [-0.4, -0.2) is 23.2 Å². The monoisotopic (exact) mass is 267 g/mol. The van der Waals surface area contributed by atoms with E-state index >= 15 is 0 Å². The Kier molecular flexibility index (Phi) is 2.12. The molecule has 0 unspecified atom stereocenters. The van der Waals surface area contributed by atoms with Crippen LogP contribution in [0.15, 0.2) is 21.3 Å². The van der Waals surface area contributed by atoms with Crippen molar-refractivity contribution in [1.82, 2.24) is 10.1 Å². The lowest BCUT2D eigenvalue weighted by Crippen LogP contribution is -2.18. The van der Waals surface area contributed by atoms with Gasteiger partial charge in [0, 0.05) is 13.1 Å². The van der Waals surface area contributed by atoms with Gasteiger partial charge in [0.2, 0.25) is 0 Å². The molecule has 0 atom stereocenters. The average molecular weight is 268 g/mol. The van der Waals surface area contributed by atoms with Crippen molar-refractivity contribution in [3.05, 3.63) is 16.7 Å². The molecule has 0 N–H and O–H groups in total. The summed E-state index contributed by atoms with van der Waals surface area (Å²) in [7, 11) is 0. The lowest BCUT2D eigenvalue weighted by molar-refractivity contribution is 0.456. The molecule has 78 valence electrons. The van der Waals surface area contributed by atoms with Gasteiger partial charge in [-0.15, -0.1) is 0 Å². The van der Waals surface area contributed by atoms with Crippen LogP contribution in [0.1, 0.15) is 12.8 Å². The predicted molar refractivity (Wildman–Crippen MR) is 61.0 cm³/mol. The maximum atomic E-state index is 5.24. The van der Waals surface area contributed by atoms with E-state index in [4.69, 9.17) is 4.52 Å². The SMILES string of the molecule is Brc1ccc2onc(N3CCCC3)c2n1. The molecule has 1 fully saturated rings. The van der Waals surface area contributed by atoms with Crippen LogP contribution in [0, 0.1) is 0 Å². The molecule has 4 nitrogen and oxygen atoms in total. The summed E-state index contributed by atoms with van der Waals surface area (Å²) in [6.07, 6.45) is 2.45. The third-order valence-electron chi connectivity index (χ3n) is 2.67. The highest BCUT2D eigenvalue weighted by Crippen LogP contribution is 2.27. The van der Waals surface area contributed by atoms with Gasteiger partial charge in [-0.2, -0.15) is 0 Å². The molecule has 0 amide bonds. The number of hydrogen-bond donors (Lipinski definition) is 0. The van der Waals surface area contributed by atoms with Gasteiger partial charge in [-0.3, -0.25) is 0 Å². The Morgan fingerprint density at radius 2 is 2.07 bits per heavy atom. The minimum Gasteiger partial charge on any atom is -0.352 e. The Bertz CT molecular complexity index is 490. The molecule has 2 aromatic rings. The Morgan fingerprint density at radius 3 is 2.87 bits per heavy atom. The van der Waals surface area contributed by atoms with Gasteiger partial charge in [-0.25, -0.2) is 4.98 Å². The number of fused-ring (bicyclic) bond motifs is 1. The first-order valence-electron chi connectivity index (χ1n) is 5.01. The Balaban J connectivity index is 2.13. The van der Waals surface area contributed by atoms with E-state index in [9.17, 15) is 0 Å². The number of aromatic nitrogens is 2. The van der Waals surface area contributed by atoms with E-state index in [0.717, 1.165) is 34.6 Å². The molecule has 0 aromatic carbocycles. The summed E-state index contributed by atoms with van der Waals surface area (Å²) in [6, 6.07) is 3.75. The van der Waals surface area contributed by atoms with Crippen molar-refractivity contribution >= 4 is 32.8 Å². The van der Waals surface area contributed by atoms with Crippen molar-refractivity contribution in [2.75, 3.05) is 18.0 Å². The molecule has 0 aliphatic carbocycles. The average Bonchev–Trinajstić information content (AvgIpc) is 2.83. The Labute approximate surface area is 95.4 Å². The van der Waals surface area contributed by atoms with Gasteiger partial charge in [0.25, 0.3) is 0 Å². The summed E-state index contributed by atoms with van der Waals surface area (Å²) in [4.78, 5) is 6.63. The fraction of sp³-hybridized carbons (Fsp3) is 0.400. The van der Waals surface area contributed by atoms with Crippen molar-refractivity contribution in [3.8, 4) is 0 Å². The zero-order valence-corrected chi connectivity index (χ0v) is 9.70. The maximum Gasteiger partial charge on any atom is 0.198 e. The van der Waals surface area contributed by atoms with Crippen LogP contribution >= 0.6 is 15.9 Å². The zero-order valence-electron chi connectivity index (χ0n) is 8.11. The normalized spacial score (nSPS) is 16.5. The fourth-order valence-corrected chi connectivity index (χ4v) is 2.24. The second kappa shape index (κ2) is 3.48. The fourth-order valence-electron chi connectivity index (χ4n) is 1.93. The molecule has 5 heteroatoms. The lowest BCUT2D eigenvalue weighted by atomic mass is 10.4. The molecular formula is C10H10BrN3O. The van der Waals surface area contributed by atoms with Gasteiger partial charge < -0.3 is 9.42 Å². The standard InChI is InChI=1S/C10H10BrN3O/c11-8-4-3-7-9(12-8)10(13-15-7)14-5-1-2-6-14/h3-4H,1-2,5-6H2. The van der Waals surface area contributed by atoms with Crippen molar-refractivity contribution in [2.45, 2.75) is 12.8 Å². The van der Waals surface area contributed by atoms with Gasteiger partial charge in [-0.1, -0.05) is 5.16 Å². The van der Waals surface area contributed by atoms with Gasteiger partial charge in [-0.05, 0) is 40.9 Å². The number of nitrogens with zero attached hydrogens (tertiary/aromatic N) is 3. The smallest absolute Gasteiger partial charge is 0.198 e. The topological polar surface area (TPSA) is 42.2 Å². The quantitative estimate of drug-likeness (QED) is 0.745. The second-order valence-electron chi connectivity index (χ2n) is 3.68. The van der Waals surface area contributed by atoms with Crippen LogP contribution in [0.2, 0.25) is 0 Å². The molecule has 2 aromatic heterocycles. The van der Waals surface area contributed by atoms with E-state index in [1.165, 1.54) is 12.8 Å². The summed E-state index contributed by atoms with van der Waals surface area (Å²) in [5.41, 5.74) is 1.60. The number of pyridine rings is 1. The van der Waals surface area contributed by atoms with Crippen LogP contribution in [0.3, 0.4) is 0 Å². The van der Waals surface area contributed by atoms with E-state index in [-0.39, 0.29) is 0 Å². The first kappa shape index (κ1) is 9.15. The third-order valence-corrected chi connectivity index (χ3v) is 3.11. The molecular weight excluding hydrogens is 258 g/mol. The molecule has 3 heterocycles. The van der Waals surface area contributed by atoms with Crippen molar-refractivity contribution in [1.29, 1.82) is 0 Å². The molecule has 3 rings (SSSR count). The lowest BCUT2D eigenvalue weighted by Gasteiger charge is -2.12. The molecule has 1 saturated heterocycles. The minimum absolute atomic E-state index is 0.750. The second-order valence-corrected chi connectivity index (χ2v) is 4.49. The summed E-state index contributed by atoms with van der Waals surface area (Å²) in [5, 5.41) is 4.09. The van der Waals surface area contributed by atoms with Gasteiger partial charge in [0.05, 0.1) is 0 Å². The van der Waals surface area contributed by atoms with Gasteiger partial charge in [0.1, 0.15) is 4.60 Å². The summed E-state index contributed by atoms with van der Waals surface area (Å²) in [6.45, 7) is 2.10. The highest BCUT2D eigenvalue weighted by atomic mass is 79.9. The van der Waals surface area contributed by atoms with Crippen LogP contribution in [-0.2, 0) is 0 Å². The predicted octanol–water partition coefficient (Wildman–Crippen LogP) is 2.59. The van der Waals surface area contributed by atoms with Gasteiger partial charge >= 0.3 is 0 Å². The summed E-state index contributed by atoms with van der Waals surface area (Å²) in [5.74, 6) is 0.879. The molecule has 0 radical (unpaired) electrons. The van der Waals surface area contributed by atoms with Crippen molar-refractivity contribution in [2.24, 2.45) is 0 Å². The third kappa shape index (κ3) is 1.51. The van der Waals surface area contributed by atoms with Crippen LogP contribution in [0.5, 0.6) is 0 Å². The van der Waals surface area contributed by atoms with Crippen LogP contribution in [0.25, 0.3) is 11.1 Å². The van der Waals surface area contributed by atoms with Crippen LogP contribution in [0.4, 0.5) is 5.82 Å². The Morgan fingerprint density at radius 1 is 1.27 bits per heavy atom. The first-order chi connectivity index (χ1) is 7.34. The number of hydrogen-bond acceptors (Lipinski definition) is 4. The number of rotatable bonds is 1. The van der Waals surface area contributed by atoms with Crippen LogP contribution < -0.4 is 4.90 Å². The first-order valence-corrected chi connectivity index (χ1v) is 5.81. The highest BCUT2D eigenvalue weighted by Gasteiger charge is 2.19. The molecule has 0 saturated carbocycles. The van der Waals surface area contributed by atoms with E-state index in [1.54, 1.807) is 0 Å². The van der Waals surface area contributed by atoms with Gasteiger partial charge in [0.15, 0.2) is 16.9 Å². The maximum absolute atomic E-state index is 5.24. The highest BCUT2D eigenvalue weighted by molar-refractivity contribution is 9.10. The number of halogens is 1. The van der Waals surface area contributed by atoms with Crippen molar-refractivity contribution < 1.29 is 4.52 Å². The zero-order chi connectivity index (χ0) is 10.3. The van der Waals surface area contributed by atoms with E-state index in [1.807, 2.05) is 12.1 Å². The molecule has 15 heavy (non-hydrogen) atoms. The Hall–Kier alpha value is -1.10. The summed E-state index contributed by atoms with van der Waals surface area (Å²) >= 11 is 3.36. The van der Waals surface area contributed by atoms with E-state index in [2.05, 4.69) is 31.0 Å². The van der Waals surface area contributed by atoms with E-state index < -0.39 is 0 Å².